The van der Waals surface area contributed by atoms with Gasteiger partial charge in [-0.2, -0.15) is 5.10 Å². The Labute approximate surface area is 183 Å². The van der Waals surface area contributed by atoms with E-state index in [1.807, 2.05) is 22.9 Å². The highest BCUT2D eigenvalue weighted by atomic mass is 127. The number of aromatic nitrogens is 2. The largest absolute Gasteiger partial charge is 0.383 e. The number of nitrogens with one attached hydrogen (secondary N) is 2. The van der Waals surface area contributed by atoms with Gasteiger partial charge in [-0.25, -0.2) is 4.99 Å². The highest BCUT2D eigenvalue weighted by Gasteiger charge is 2.11. The zero-order chi connectivity index (χ0) is 18.9. The monoisotopic (exact) mass is 505 g/mol. The molecular weight excluding hydrogens is 473 g/mol. The molecule has 27 heavy (non-hydrogen) atoms. The number of halogens is 1. The zero-order valence-electron chi connectivity index (χ0n) is 17.0. The van der Waals surface area contributed by atoms with Crippen molar-refractivity contribution in [2.75, 3.05) is 20.3 Å². The Morgan fingerprint density at radius 1 is 1.22 bits per heavy atom. The van der Waals surface area contributed by atoms with E-state index in [-0.39, 0.29) is 24.0 Å². The molecule has 0 spiro atoms. The lowest BCUT2D eigenvalue weighted by atomic mass is 10.2. The first-order chi connectivity index (χ1) is 12.6. The van der Waals surface area contributed by atoms with Crippen molar-refractivity contribution in [1.82, 2.24) is 20.4 Å². The van der Waals surface area contributed by atoms with Gasteiger partial charge in [-0.15, -0.1) is 35.3 Å². The molecule has 0 aliphatic carbocycles. The minimum absolute atomic E-state index is 0. The van der Waals surface area contributed by atoms with Crippen LogP contribution < -0.4 is 10.6 Å². The van der Waals surface area contributed by atoms with E-state index in [4.69, 9.17) is 9.73 Å². The number of nitrogens with zero attached hydrogens (tertiary/aromatic N) is 3. The van der Waals surface area contributed by atoms with Gasteiger partial charge >= 0.3 is 0 Å². The molecule has 0 aromatic carbocycles. The fourth-order valence-electron chi connectivity index (χ4n) is 2.74. The third-order valence-corrected chi connectivity index (χ3v) is 5.50. The van der Waals surface area contributed by atoms with Crippen LogP contribution in [0.15, 0.2) is 17.1 Å². The van der Waals surface area contributed by atoms with Crippen molar-refractivity contribution >= 4 is 41.3 Å². The van der Waals surface area contributed by atoms with Crippen LogP contribution in [0.2, 0.25) is 0 Å². The molecule has 0 saturated heterocycles. The molecular formula is C19H32IN5OS. The van der Waals surface area contributed by atoms with Crippen LogP contribution >= 0.6 is 35.3 Å². The number of aryl methyl sites for hydroxylation is 2. The Morgan fingerprint density at radius 3 is 2.59 bits per heavy atom. The average molecular weight is 505 g/mol. The van der Waals surface area contributed by atoms with Crippen molar-refractivity contribution in [3.8, 4) is 0 Å². The van der Waals surface area contributed by atoms with Gasteiger partial charge in [0.1, 0.15) is 0 Å². The molecule has 0 atom stereocenters. The second-order valence-electron chi connectivity index (χ2n) is 6.14. The van der Waals surface area contributed by atoms with Gasteiger partial charge in [0.15, 0.2) is 5.96 Å². The summed E-state index contributed by atoms with van der Waals surface area (Å²) in [6.07, 6.45) is 1.09. The normalized spacial score (nSPS) is 11.4. The summed E-state index contributed by atoms with van der Waals surface area (Å²) in [5.74, 6) is 0.836. The molecule has 0 amide bonds. The summed E-state index contributed by atoms with van der Waals surface area (Å²) in [7, 11) is 1.71. The lowest BCUT2D eigenvalue weighted by molar-refractivity contribution is 0.182. The predicted octanol–water partition coefficient (Wildman–Crippen LogP) is 3.64. The van der Waals surface area contributed by atoms with Crippen LogP contribution in [-0.4, -0.2) is 36.0 Å². The first kappa shape index (κ1) is 23.9. The average Bonchev–Trinajstić information content (AvgIpc) is 3.20. The number of hydrogen-bond acceptors (Lipinski definition) is 4. The van der Waals surface area contributed by atoms with Crippen molar-refractivity contribution in [3.05, 3.63) is 38.8 Å². The summed E-state index contributed by atoms with van der Waals surface area (Å²) >= 11 is 1.85. The highest BCUT2D eigenvalue weighted by molar-refractivity contribution is 14.0. The third kappa shape index (κ3) is 7.08. The summed E-state index contributed by atoms with van der Waals surface area (Å²) in [4.78, 5) is 7.50. The number of thiophene rings is 1. The van der Waals surface area contributed by atoms with Crippen molar-refractivity contribution in [1.29, 1.82) is 0 Å². The molecule has 0 aliphatic heterocycles. The van der Waals surface area contributed by atoms with E-state index in [1.54, 1.807) is 7.11 Å². The van der Waals surface area contributed by atoms with Crippen LogP contribution in [0.4, 0.5) is 0 Å². The van der Waals surface area contributed by atoms with Gasteiger partial charge in [0, 0.05) is 34.7 Å². The zero-order valence-corrected chi connectivity index (χ0v) is 20.1. The highest BCUT2D eigenvalue weighted by Crippen LogP contribution is 2.17. The smallest absolute Gasteiger partial charge is 0.191 e. The van der Waals surface area contributed by atoms with E-state index in [9.17, 15) is 0 Å². The number of ether oxygens (including phenoxy) is 1. The topological polar surface area (TPSA) is 63.5 Å². The number of guanidine groups is 1. The standard InChI is InChI=1S/C19H31N5OS.HI/c1-6-16-8-9-17(26-16)12-21-19(20-7-2)22-13-18-14(3)23-24(15(18)4)10-11-25-5;/h8-9H,6-7,10-13H2,1-5H3,(H2,20,21,22);1H. The fraction of sp³-hybridized carbons (Fsp3) is 0.579. The van der Waals surface area contributed by atoms with Crippen LogP contribution in [0.5, 0.6) is 0 Å². The van der Waals surface area contributed by atoms with Gasteiger partial charge in [-0.3, -0.25) is 4.68 Å². The molecule has 0 fully saturated rings. The summed E-state index contributed by atoms with van der Waals surface area (Å²) in [6, 6.07) is 4.39. The van der Waals surface area contributed by atoms with Gasteiger partial charge in [0.25, 0.3) is 0 Å². The molecule has 2 aromatic rings. The van der Waals surface area contributed by atoms with Gasteiger partial charge in [-0.1, -0.05) is 6.92 Å². The van der Waals surface area contributed by atoms with Crippen LogP contribution in [0, 0.1) is 13.8 Å². The van der Waals surface area contributed by atoms with Crippen LogP contribution in [0.1, 0.15) is 40.6 Å². The molecule has 2 aromatic heterocycles. The molecule has 0 saturated carbocycles. The van der Waals surface area contributed by atoms with E-state index in [2.05, 4.69) is 48.6 Å². The van der Waals surface area contributed by atoms with E-state index >= 15 is 0 Å². The fourth-order valence-corrected chi connectivity index (χ4v) is 3.63. The lowest BCUT2D eigenvalue weighted by Gasteiger charge is -2.10. The maximum absolute atomic E-state index is 5.16. The number of aliphatic imine (C=N–C) groups is 1. The summed E-state index contributed by atoms with van der Waals surface area (Å²) in [6.45, 7) is 12.1. The maximum Gasteiger partial charge on any atom is 0.191 e. The molecule has 2 heterocycles. The first-order valence-electron chi connectivity index (χ1n) is 9.20. The molecule has 2 N–H and O–H groups in total. The molecule has 6 nitrogen and oxygen atoms in total. The Hall–Kier alpha value is -1.13. The van der Waals surface area contributed by atoms with E-state index in [0.717, 1.165) is 43.4 Å². The molecule has 0 aliphatic rings. The molecule has 152 valence electrons. The second kappa shape index (κ2) is 12.4. The molecule has 0 radical (unpaired) electrons. The Balaban J connectivity index is 0.00000364. The van der Waals surface area contributed by atoms with Crippen LogP contribution in [0.3, 0.4) is 0 Å². The predicted molar refractivity (Wildman–Crippen MR) is 124 cm³/mol. The van der Waals surface area contributed by atoms with Gasteiger partial charge in [-0.05, 0) is 39.3 Å². The Morgan fingerprint density at radius 2 is 1.96 bits per heavy atom. The van der Waals surface area contributed by atoms with Gasteiger partial charge < -0.3 is 15.4 Å². The quantitative estimate of drug-likeness (QED) is 0.310. The molecule has 8 heteroatoms. The molecule has 2 rings (SSSR count). The van der Waals surface area contributed by atoms with Crippen molar-refractivity contribution in [2.24, 2.45) is 4.99 Å². The summed E-state index contributed by atoms with van der Waals surface area (Å²) < 4.78 is 7.16. The summed E-state index contributed by atoms with van der Waals surface area (Å²) in [5.41, 5.74) is 3.37. The van der Waals surface area contributed by atoms with Crippen molar-refractivity contribution < 1.29 is 4.74 Å². The van der Waals surface area contributed by atoms with Crippen molar-refractivity contribution in [2.45, 2.75) is 53.8 Å². The Kier molecular flexibility index (Phi) is 10.9. The maximum atomic E-state index is 5.16. The van der Waals surface area contributed by atoms with E-state index in [0.29, 0.717) is 13.2 Å². The molecule has 0 unspecified atom stereocenters. The van der Waals surface area contributed by atoms with Crippen LogP contribution in [0.25, 0.3) is 0 Å². The number of rotatable bonds is 9. The Bertz CT molecular complexity index is 726. The van der Waals surface area contributed by atoms with E-state index in [1.165, 1.54) is 15.3 Å². The first-order valence-corrected chi connectivity index (χ1v) is 10.0. The minimum Gasteiger partial charge on any atom is -0.383 e. The number of methoxy groups -OCH3 is 1. The lowest BCUT2D eigenvalue weighted by Crippen LogP contribution is -2.36. The van der Waals surface area contributed by atoms with Crippen molar-refractivity contribution in [3.63, 3.8) is 0 Å². The van der Waals surface area contributed by atoms with E-state index < -0.39 is 0 Å². The second-order valence-corrected chi connectivity index (χ2v) is 7.39. The van der Waals surface area contributed by atoms with Gasteiger partial charge in [0.2, 0.25) is 0 Å². The third-order valence-electron chi connectivity index (χ3n) is 4.27. The van der Waals surface area contributed by atoms with Gasteiger partial charge in [0.05, 0.1) is 31.9 Å². The molecule has 0 bridgehead atoms. The van der Waals surface area contributed by atoms with Crippen LogP contribution in [-0.2, 0) is 30.8 Å². The SMILES string of the molecule is CCNC(=NCc1c(C)nn(CCOC)c1C)NCc1ccc(CC)s1.I. The number of hydrogen-bond donors (Lipinski definition) is 2. The summed E-state index contributed by atoms with van der Waals surface area (Å²) in [5, 5.41) is 11.4. The minimum atomic E-state index is 0.